The van der Waals surface area contributed by atoms with Crippen LogP contribution in [0.1, 0.15) is 29.4 Å². The van der Waals surface area contributed by atoms with Crippen molar-refractivity contribution in [2.45, 2.75) is 19.4 Å². The van der Waals surface area contributed by atoms with Gasteiger partial charge < -0.3 is 24.8 Å². The van der Waals surface area contributed by atoms with Crippen molar-refractivity contribution in [3.8, 4) is 0 Å². The van der Waals surface area contributed by atoms with Crippen LogP contribution in [-0.4, -0.2) is 84.9 Å². The van der Waals surface area contributed by atoms with Crippen molar-refractivity contribution in [1.29, 1.82) is 0 Å². The summed E-state index contributed by atoms with van der Waals surface area (Å²) in [7, 11) is 1.49. The number of carbonyl (C=O) groups is 2. The number of piperidine rings is 1. The first-order valence-electron chi connectivity index (χ1n) is 9.03. The van der Waals surface area contributed by atoms with E-state index in [2.05, 4.69) is 25.7 Å². The zero-order valence-corrected chi connectivity index (χ0v) is 15.1. The van der Waals surface area contributed by atoms with Gasteiger partial charge >= 0.3 is 6.03 Å². The largest absolute Gasteiger partial charge is 0.379 e. The highest BCUT2D eigenvalue weighted by Crippen LogP contribution is 2.18. The van der Waals surface area contributed by atoms with Crippen LogP contribution in [0, 0.1) is 5.92 Å². The third kappa shape index (κ3) is 4.92. The Morgan fingerprint density at radius 2 is 2.08 bits per heavy atom. The maximum atomic E-state index is 12.4. The van der Waals surface area contributed by atoms with Crippen LogP contribution < -0.4 is 10.6 Å². The van der Waals surface area contributed by atoms with Crippen LogP contribution >= 0.6 is 0 Å². The lowest BCUT2D eigenvalue weighted by molar-refractivity contribution is 0.0249. The fourth-order valence-electron chi connectivity index (χ4n) is 3.34. The molecule has 1 unspecified atom stereocenters. The Hall–Kier alpha value is -2.20. The Morgan fingerprint density at radius 1 is 1.27 bits per heavy atom. The van der Waals surface area contributed by atoms with Crippen molar-refractivity contribution >= 4 is 11.9 Å². The Balaban J connectivity index is 1.44. The molecule has 1 aromatic heterocycles. The van der Waals surface area contributed by atoms with Crippen LogP contribution in [0.15, 0.2) is 4.52 Å². The Kier molecular flexibility index (Phi) is 6.40. The topological polar surface area (TPSA) is 113 Å². The van der Waals surface area contributed by atoms with Gasteiger partial charge in [0.15, 0.2) is 0 Å². The predicted molar refractivity (Wildman–Crippen MR) is 91.5 cm³/mol. The number of ether oxygens (including phenoxy) is 1. The number of nitrogens with one attached hydrogen (secondary N) is 2. The Bertz CT molecular complexity index is 616. The second-order valence-electron chi connectivity index (χ2n) is 6.62. The van der Waals surface area contributed by atoms with Crippen molar-refractivity contribution in [2.75, 3.05) is 53.0 Å². The van der Waals surface area contributed by atoms with Crippen LogP contribution in [0.5, 0.6) is 0 Å². The molecule has 1 atom stereocenters. The summed E-state index contributed by atoms with van der Waals surface area (Å²) in [4.78, 5) is 32.0. The summed E-state index contributed by atoms with van der Waals surface area (Å²) in [6, 6.07) is -0.142. The summed E-state index contributed by atoms with van der Waals surface area (Å²) in [6.45, 7) is 6.12. The molecular weight excluding hydrogens is 340 g/mol. The average Bonchev–Trinajstić information content (AvgIpc) is 3.15. The summed E-state index contributed by atoms with van der Waals surface area (Å²) in [5, 5.41) is 8.78. The van der Waals surface area contributed by atoms with Crippen LogP contribution in [0.2, 0.25) is 0 Å². The highest BCUT2D eigenvalue weighted by Gasteiger charge is 2.26. The molecule has 1 aromatic rings. The van der Waals surface area contributed by atoms with Gasteiger partial charge in [-0.2, -0.15) is 4.98 Å². The third-order valence-electron chi connectivity index (χ3n) is 4.72. The molecule has 0 bridgehead atoms. The van der Waals surface area contributed by atoms with E-state index < -0.39 is 5.91 Å². The van der Waals surface area contributed by atoms with Gasteiger partial charge in [-0.25, -0.2) is 4.79 Å². The molecule has 0 radical (unpaired) electrons. The maximum Gasteiger partial charge on any atom is 0.317 e. The molecule has 0 aromatic carbocycles. The van der Waals surface area contributed by atoms with E-state index in [0.29, 0.717) is 5.92 Å². The molecule has 0 aliphatic carbocycles. The number of urea groups is 1. The molecule has 2 aliphatic heterocycles. The zero-order chi connectivity index (χ0) is 18.4. The normalized spacial score (nSPS) is 21.4. The highest BCUT2D eigenvalue weighted by molar-refractivity contribution is 5.89. The van der Waals surface area contributed by atoms with E-state index >= 15 is 0 Å². The number of amides is 3. The van der Waals surface area contributed by atoms with Crippen molar-refractivity contribution in [3.63, 3.8) is 0 Å². The van der Waals surface area contributed by atoms with Crippen molar-refractivity contribution in [3.05, 3.63) is 11.7 Å². The minimum absolute atomic E-state index is 0.0414. The fraction of sp³-hybridized carbons (Fsp3) is 0.750. The van der Waals surface area contributed by atoms with Crippen LogP contribution in [0.25, 0.3) is 0 Å². The number of likely N-dealkylation sites (tertiary alicyclic amines) is 1. The van der Waals surface area contributed by atoms with E-state index in [4.69, 9.17) is 9.26 Å². The van der Waals surface area contributed by atoms with Crippen molar-refractivity contribution in [1.82, 2.24) is 30.6 Å². The Labute approximate surface area is 152 Å². The van der Waals surface area contributed by atoms with Crippen LogP contribution in [-0.2, 0) is 11.3 Å². The monoisotopic (exact) mass is 366 g/mol. The van der Waals surface area contributed by atoms with E-state index in [1.807, 2.05) is 4.90 Å². The summed E-state index contributed by atoms with van der Waals surface area (Å²) >= 11 is 0. The van der Waals surface area contributed by atoms with Gasteiger partial charge in [-0.1, -0.05) is 5.16 Å². The van der Waals surface area contributed by atoms with E-state index in [0.717, 1.165) is 58.8 Å². The molecule has 3 heterocycles. The SMILES string of the molecule is CNC(=O)c1noc(CNC(=O)N2CCCC(CN3CCOCC3)C2)n1. The lowest BCUT2D eigenvalue weighted by Gasteiger charge is -2.36. The second kappa shape index (κ2) is 8.95. The van der Waals surface area contributed by atoms with Gasteiger partial charge in [-0.15, -0.1) is 0 Å². The lowest BCUT2D eigenvalue weighted by atomic mass is 9.97. The first kappa shape index (κ1) is 18.6. The number of rotatable bonds is 5. The van der Waals surface area contributed by atoms with E-state index in [-0.39, 0.29) is 24.3 Å². The maximum absolute atomic E-state index is 12.4. The average molecular weight is 366 g/mol. The summed E-state index contributed by atoms with van der Waals surface area (Å²) in [5.74, 6) is 0.225. The third-order valence-corrected chi connectivity index (χ3v) is 4.72. The molecule has 3 amide bonds. The summed E-state index contributed by atoms with van der Waals surface area (Å²) in [5.41, 5.74) is 0. The number of morpholine rings is 1. The molecule has 3 rings (SSSR count). The lowest BCUT2D eigenvalue weighted by Crippen LogP contribution is -2.48. The number of aromatic nitrogens is 2. The molecule has 10 heteroatoms. The number of hydrogen-bond acceptors (Lipinski definition) is 7. The Morgan fingerprint density at radius 3 is 2.85 bits per heavy atom. The molecule has 0 spiro atoms. The van der Waals surface area contributed by atoms with Gasteiger partial charge in [0.1, 0.15) is 0 Å². The molecule has 2 saturated heterocycles. The van der Waals surface area contributed by atoms with Crippen molar-refractivity contribution in [2.24, 2.45) is 5.92 Å². The van der Waals surface area contributed by atoms with E-state index in [9.17, 15) is 9.59 Å². The van der Waals surface area contributed by atoms with E-state index in [1.54, 1.807) is 0 Å². The molecule has 26 heavy (non-hydrogen) atoms. The molecule has 144 valence electrons. The van der Waals surface area contributed by atoms with Gasteiger partial charge in [-0.05, 0) is 18.8 Å². The number of nitrogens with zero attached hydrogens (tertiary/aromatic N) is 4. The minimum Gasteiger partial charge on any atom is -0.379 e. The van der Waals surface area contributed by atoms with Gasteiger partial charge in [0, 0.05) is 39.8 Å². The smallest absolute Gasteiger partial charge is 0.317 e. The molecule has 2 aliphatic rings. The second-order valence-corrected chi connectivity index (χ2v) is 6.62. The minimum atomic E-state index is -0.423. The highest BCUT2D eigenvalue weighted by atomic mass is 16.5. The first-order valence-corrected chi connectivity index (χ1v) is 9.03. The first-order chi connectivity index (χ1) is 12.7. The predicted octanol–water partition coefficient (Wildman–Crippen LogP) is -0.317. The molecule has 10 nitrogen and oxygen atoms in total. The van der Waals surface area contributed by atoms with Gasteiger partial charge in [0.05, 0.1) is 19.8 Å². The summed E-state index contributed by atoms with van der Waals surface area (Å²) in [6.07, 6.45) is 2.14. The van der Waals surface area contributed by atoms with Crippen LogP contribution in [0.4, 0.5) is 4.79 Å². The molecule has 2 N–H and O–H groups in total. The van der Waals surface area contributed by atoms with Crippen molar-refractivity contribution < 1.29 is 18.8 Å². The van der Waals surface area contributed by atoms with E-state index in [1.165, 1.54) is 7.05 Å². The molecule has 2 fully saturated rings. The molecular formula is C16H26N6O4. The van der Waals surface area contributed by atoms with Gasteiger partial charge in [-0.3, -0.25) is 9.69 Å². The fourth-order valence-corrected chi connectivity index (χ4v) is 3.34. The number of hydrogen-bond donors (Lipinski definition) is 2. The number of carbonyl (C=O) groups excluding carboxylic acids is 2. The summed E-state index contributed by atoms with van der Waals surface area (Å²) < 4.78 is 10.4. The quantitative estimate of drug-likeness (QED) is 0.734. The molecule has 0 saturated carbocycles. The van der Waals surface area contributed by atoms with Gasteiger partial charge in [0.25, 0.3) is 11.7 Å². The zero-order valence-electron chi connectivity index (χ0n) is 15.1. The van der Waals surface area contributed by atoms with Crippen LogP contribution in [0.3, 0.4) is 0 Å². The van der Waals surface area contributed by atoms with Gasteiger partial charge in [0.2, 0.25) is 5.89 Å². The standard InChI is InChI=1S/C16H26N6O4/c1-17-15(23)14-19-13(26-20-14)9-18-16(24)22-4-2-3-12(11-22)10-21-5-7-25-8-6-21/h12H,2-11H2,1H3,(H,17,23)(H,18,24).